The Balaban J connectivity index is 3.11. The zero-order chi connectivity index (χ0) is 9.84. The zero-order valence-electron chi connectivity index (χ0n) is 6.88. The Kier molecular flexibility index (Phi) is 2.94. The molecule has 1 atom stereocenters. The molecule has 5 nitrogen and oxygen atoms in total. The number of aliphatic hydroxyl groups is 1. The van der Waals surface area contributed by atoms with Crippen molar-refractivity contribution in [2.24, 2.45) is 5.73 Å². The number of aliphatic hydroxyl groups excluding tert-OH is 1. The van der Waals surface area contributed by atoms with Gasteiger partial charge in [0.05, 0.1) is 16.6 Å². The van der Waals surface area contributed by atoms with Gasteiger partial charge in [-0.05, 0) is 6.07 Å². The Morgan fingerprint density at radius 2 is 2.15 bits per heavy atom. The van der Waals surface area contributed by atoms with Gasteiger partial charge in [-0.2, -0.15) is 0 Å². The number of nitrogens with zero attached hydrogens (tertiary/aromatic N) is 1. The number of nitro benzene ring substituents is 1. The van der Waals surface area contributed by atoms with E-state index in [1.165, 1.54) is 12.1 Å². The standard InChI is InChI=1S/C8H10N2O3/c9-5-8(11)6-3-1-2-4-7(6)10(12)13/h1-4,8,11H,5,9H2. The van der Waals surface area contributed by atoms with Gasteiger partial charge in [-0.15, -0.1) is 0 Å². The SMILES string of the molecule is NCC(O)c1ccccc1[N+](=O)[O-]. The van der Waals surface area contributed by atoms with Crippen LogP contribution in [0.4, 0.5) is 5.69 Å². The van der Waals surface area contributed by atoms with Crippen LogP contribution in [0.15, 0.2) is 24.3 Å². The summed E-state index contributed by atoms with van der Waals surface area (Å²) in [5, 5.41) is 19.8. The Labute approximate surface area is 74.9 Å². The molecule has 0 bridgehead atoms. The van der Waals surface area contributed by atoms with Crippen molar-refractivity contribution in [1.82, 2.24) is 0 Å². The van der Waals surface area contributed by atoms with Crippen LogP contribution < -0.4 is 5.73 Å². The van der Waals surface area contributed by atoms with E-state index in [1.807, 2.05) is 0 Å². The Morgan fingerprint density at radius 3 is 2.69 bits per heavy atom. The largest absolute Gasteiger partial charge is 0.387 e. The van der Waals surface area contributed by atoms with Crippen molar-refractivity contribution in [3.63, 3.8) is 0 Å². The highest BCUT2D eigenvalue weighted by atomic mass is 16.6. The topological polar surface area (TPSA) is 89.4 Å². The summed E-state index contributed by atoms with van der Waals surface area (Å²) in [6.07, 6.45) is -0.971. The molecular weight excluding hydrogens is 172 g/mol. The van der Waals surface area contributed by atoms with Gasteiger partial charge in [0.25, 0.3) is 5.69 Å². The highest BCUT2D eigenvalue weighted by Crippen LogP contribution is 2.23. The predicted octanol–water partition coefficient (Wildman–Crippen LogP) is 0.587. The van der Waals surface area contributed by atoms with E-state index < -0.39 is 11.0 Å². The first-order valence-corrected chi connectivity index (χ1v) is 3.78. The number of nitro groups is 1. The molecule has 0 fully saturated rings. The van der Waals surface area contributed by atoms with Crippen LogP contribution in [-0.2, 0) is 0 Å². The average molecular weight is 182 g/mol. The van der Waals surface area contributed by atoms with Crippen molar-refractivity contribution in [3.8, 4) is 0 Å². The number of hydrogen-bond acceptors (Lipinski definition) is 4. The lowest BCUT2D eigenvalue weighted by Crippen LogP contribution is -2.12. The van der Waals surface area contributed by atoms with Crippen molar-refractivity contribution >= 4 is 5.69 Å². The molecule has 1 unspecified atom stereocenters. The van der Waals surface area contributed by atoms with Crippen molar-refractivity contribution in [2.45, 2.75) is 6.10 Å². The molecule has 0 saturated carbocycles. The minimum absolute atomic E-state index is 0.0230. The van der Waals surface area contributed by atoms with Crippen LogP contribution in [-0.4, -0.2) is 16.6 Å². The molecule has 0 saturated heterocycles. The van der Waals surface area contributed by atoms with Crippen molar-refractivity contribution < 1.29 is 10.0 Å². The van der Waals surface area contributed by atoms with Crippen LogP contribution in [0.5, 0.6) is 0 Å². The number of rotatable bonds is 3. The molecule has 0 radical (unpaired) electrons. The first kappa shape index (κ1) is 9.63. The van der Waals surface area contributed by atoms with E-state index >= 15 is 0 Å². The molecule has 0 aliphatic carbocycles. The molecule has 0 heterocycles. The quantitative estimate of drug-likeness (QED) is 0.528. The van der Waals surface area contributed by atoms with Crippen LogP contribution in [0, 0.1) is 10.1 Å². The molecule has 0 amide bonds. The summed E-state index contributed by atoms with van der Waals surface area (Å²) >= 11 is 0. The van der Waals surface area contributed by atoms with Gasteiger partial charge in [-0.25, -0.2) is 0 Å². The molecule has 3 N–H and O–H groups in total. The summed E-state index contributed by atoms with van der Waals surface area (Å²) < 4.78 is 0. The average Bonchev–Trinajstić information content (AvgIpc) is 2.16. The van der Waals surface area contributed by atoms with Crippen LogP contribution in [0.1, 0.15) is 11.7 Å². The lowest BCUT2D eigenvalue weighted by Gasteiger charge is -2.07. The third-order valence-corrected chi connectivity index (χ3v) is 1.72. The molecule has 13 heavy (non-hydrogen) atoms. The molecule has 0 aromatic heterocycles. The lowest BCUT2D eigenvalue weighted by molar-refractivity contribution is -0.386. The second-order valence-corrected chi connectivity index (χ2v) is 2.57. The number of hydrogen-bond donors (Lipinski definition) is 2. The van der Waals surface area contributed by atoms with Gasteiger partial charge in [-0.3, -0.25) is 10.1 Å². The van der Waals surface area contributed by atoms with Gasteiger partial charge in [0.2, 0.25) is 0 Å². The van der Waals surface area contributed by atoms with Gasteiger partial charge in [0.15, 0.2) is 0 Å². The third-order valence-electron chi connectivity index (χ3n) is 1.72. The van der Waals surface area contributed by atoms with E-state index in [0.29, 0.717) is 0 Å². The van der Waals surface area contributed by atoms with Crippen LogP contribution in [0.2, 0.25) is 0 Å². The molecule has 70 valence electrons. The van der Waals surface area contributed by atoms with Gasteiger partial charge in [0.1, 0.15) is 0 Å². The van der Waals surface area contributed by atoms with E-state index in [-0.39, 0.29) is 17.8 Å². The fourth-order valence-corrected chi connectivity index (χ4v) is 1.06. The Hall–Kier alpha value is -1.46. The predicted molar refractivity (Wildman–Crippen MR) is 47.1 cm³/mol. The highest BCUT2D eigenvalue weighted by molar-refractivity contribution is 5.41. The van der Waals surface area contributed by atoms with Crippen LogP contribution in [0.3, 0.4) is 0 Å². The van der Waals surface area contributed by atoms with Crippen LogP contribution in [0.25, 0.3) is 0 Å². The fraction of sp³-hybridized carbons (Fsp3) is 0.250. The van der Waals surface area contributed by atoms with Crippen molar-refractivity contribution in [3.05, 3.63) is 39.9 Å². The minimum atomic E-state index is -0.971. The maximum absolute atomic E-state index is 10.5. The van der Waals surface area contributed by atoms with Gasteiger partial charge in [-0.1, -0.05) is 12.1 Å². The highest BCUT2D eigenvalue weighted by Gasteiger charge is 2.17. The van der Waals surface area contributed by atoms with Crippen molar-refractivity contribution in [1.29, 1.82) is 0 Å². The molecule has 1 aromatic carbocycles. The summed E-state index contributed by atoms with van der Waals surface area (Å²) in [4.78, 5) is 9.96. The summed E-state index contributed by atoms with van der Waals surface area (Å²) in [5.41, 5.74) is 5.36. The summed E-state index contributed by atoms with van der Waals surface area (Å²) in [5.74, 6) is 0. The number of benzene rings is 1. The molecule has 1 aromatic rings. The third kappa shape index (κ3) is 2.01. The van der Waals surface area contributed by atoms with E-state index in [9.17, 15) is 15.2 Å². The second-order valence-electron chi connectivity index (χ2n) is 2.57. The van der Waals surface area contributed by atoms with E-state index in [4.69, 9.17) is 5.73 Å². The van der Waals surface area contributed by atoms with Gasteiger partial charge in [0, 0.05) is 12.6 Å². The maximum atomic E-state index is 10.5. The monoisotopic (exact) mass is 182 g/mol. The van der Waals surface area contributed by atoms with E-state index in [0.717, 1.165) is 0 Å². The number of para-hydroxylation sites is 1. The smallest absolute Gasteiger partial charge is 0.275 e. The Bertz CT molecular complexity index is 314. The second kappa shape index (κ2) is 3.97. The molecule has 0 aliphatic heterocycles. The molecule has 1 rings (SSSR count). The molecular formula is C8H10N2O3. The summed E-state index contributed by atoms with van der Waals surface area (Å²) in [6.45, 7) is -0.0230. The molecule has 0 spiro atoms. The van der Waals surface area contributed by atoms with Gasteiger partial charge >= 0.3 is 0 Å². The zero-order valence-corrected chi connectivity index (χ0v) is 6.88. The summed E-state index contributed by atoms with van der Waals surface area (Å²) in [6, 6.07) is 6.01. The first-order valence-electron chi connectivity index (χ1n) is 3.78. The maximum Gasteiger partial charge on any atom is 0.275 e. The number of nitrogens with two attached hydrogens (primary N) is 1. The van der Waals surface area contributed by atoms with Gasteiger partial charge < -0.3 is 10.8 Å². The first-order chi connectivity index (χ1) is 6.16. The van der Waals surface area contributed by atoms with E-state index in [1.54, 1.807) is 12.1 Å². The minimum Gasteiger partial charge on any atom is -0.387 e. The Morgan fingerprint density at radius 1 is 1.54 bits per heavy atom. The van der Waals surface area contributed by atoms with E-state index in [2.05, 4.69) is 0 Å². The van der Waals surface area contributed by atoms with Crippen LogP contribution >= 0.6 is 0 Å². The fourth-order valence-electron chi connectivity index (χ4n) is 1.06. The normalized spacial score (nSPS) is 12.5. The molecule has 0 aliphatic rings. The van der Waals surface area contributed by atoms with Crippen molar-refractivity contribution in [2.75, 3.05) is 6.54 Å². The summed E-state index contributed by atoms with van der Waals surface area (Å²) in [7, 11) is 0. The molecule has 5 heteroatoms. The lowest BCUT2D eigenvalue weighted by atomic mass is 10.1.